The van der Waals surface area contributed by atoms with Gasteiger partial charge in [-0.05, 0) is 81.1 Å². The SMILES string of the molecule is C/C(=C\C(C)(C)CC(C)(C)C)CC(CCNCC(C)O)C(=O)O.C/C(=C\C(C)(C)CC(C)(C)C)CC1CC(=O)N(CCNCCNCCN)C1=O. The highest BCUT2D eigenvalue weighted by Gasteiger charge is 2.38. The maximum Gasteiger partial charge on any atom is 0.306 e. The number of nitrogens with two attached hydrogens (primary N) is 1. The van der Waals surface area contributed by atoms with Crippen molar-refractivity contribution in [2.75, 3.05) is 52.4 Å². The number of carboxylic acids is 1. The van der Waals surface area contributed by atoms with Crippen LogP contribution in [0.5, 0.6) is 0 Å². The van der Waals surface area contributed by atoms with E-state index in [1.54, 1.807) is 6.92 Å². The molecule has 3 unspecified atom stereocenters. The molecule has 10 heteroatoms. The first kappa shape index (κ1) is 48.9. The van der Waals surface area contributed by atoms with Gasteiger partial charge in [-0.25, -0.2) is 0 Å². The van der Waals surface area contributed by atoms with Crippen molar-refractivity contribution in [2.24, 2.45) is 39.2 Å². The topological polar surface area (TPSA) is 157 Å². The molecule has 51 heavy (non-hydrogen) atoms. The Morgan fingerprint density at radius 2 is 1.35 bits per heavy atom. The van der Waals surface area contributed by atoms with Crippen molar-refractivity contribution in [3.8, 4) is 0 Å². The van der Waals surface area contributed by atoms with E-state index in [4.69, 9.17) is 5.73 Å². The molecule has 0 radical (unpaired) electrons. The molecular formula is C41H79N5O5. The van der Waals surface area contributed by atoms with Gasteiger partial charge in [0.1, 0.15) is 0 Å². The lowest BCUT2D eigenvalue weighted by Gasteiger charge is -2.30. The second-order valence-corrected chi connectivity index (χ2v) is 18.8. The van der Waals surface area contributed by atoms with E-state index in [1.165, 1.54) is 10.5 Å². The summed E-state index contributed by atoms with van der Waals surface area (Å²) in [6, 6.07) is 0. The Labute approximate surface area is 312 Å². The van der Waals surface area contributed by atoms with Crippen LogP contribution < -0.4 is 21.7 Å². The lowest BCUT2D eigenvalue weighted by atomic mass is 9.75. The number of carboxylic acid groups (broad SMARTS) is 1. The molecule has 7 N–H and O–H groups in total. The number of likely N-dealkylation sites (tertiary alicyclic amines) is 1. The Hall–Kier alpha value is -2.11. The molecule has 1 rings (SSSR count). The highest BCUT2D eigenvalue weighted by Crippen LogP contribution is 2.37. The molecule has 3 atom stereocenters. The molecule has 0 aromatic heterocycles. The summed E-state index contributed by atoms with van der Waals surface area (Å²) in [5.41, 5.74) is 8.41. The van der Waals surface area contributed by atoms with Crippen molar-refractivity contribution in [2.45, 2.75) is 135 Å². The third-order valence-electron chi connectivity index (χ3n) is 8.49. The van der Waals surface area contributed by atoms with Crippen LogP contribution >= 0.6 is 0 Å². The minimum absolute atomic E-state index is 0.0190. The predicted octanol–water partition coefficient (Wildman–Crippen LogP) is 6.14. The lowest BCUT2D eigenvalue weighted by Crippen LogP contribution is -2.38. The highest BCUT2D eigenvalue weighted by atomic mass is 16.4. The summed E-state index contributed by atoms with van der Waals surface area (Å²) in [6.07, 6.45) is 8.42. The van der Waals surface area contributed by atoms with Gasteiger partial charge < -0.3 is 31.9 Å². The molecule has 1 saturated heterocycles. The Kier molecular flexibility index (Phi) is 21.9. The van der Waals surface area contributed by atoms with Crippen LogP contribution in [0.3, 0.4) is 0 Å². The third kappa shape index (κ3) is 24.7. The first-order chi connectivity index (χ1) is 23.3. The predicted molar refractivity (Wildman–Crippen MR) is 212 cm³/mol. The summed E-state index contributed by atoms with van der Waals surface area (Å²) in [7, 11) is 0. The fourth-order valence-corrected chi connectivity index (χ4v) is 7.83. The summed E-state index contributed by atoms with van der Waals surface area (Å²) in [5, 5.41) is 28.2. The highest BCUT2D eigenvalue weighted by molar-refractivity contribution is 6.03. The molecule has 298 valence electrons. The van der Waals surface area contributed by atoms with Gasteiger partial charge in [0.25, 0.3) is 0 Å². The molecule has 0 aromatic rings. The van der Waals surface area contributed by atoms with Gasteiger partial charge in [-0.15, -0.1) is 0 Å². The van der Waals surface area contributed by atoms with E-state index in [1.807, 2.05) is 6.92 Å². The van der Waals surface area contributed by atoms with E-state index in [-0.39, 0.29) is 45.3 Å². The number of imide groups is 1. The van der Waals surface area contributed by atoms with Crippen LogP contribution in [0.1, 0.15) is 129 Å². The molecule has 1 aliphatic heterocycles. The van der Waals surface area contributed by atoms with Gasteiger partial charge in [-0.3, -0.25) is 19.3 Å². The minimum Gasteiger partial charge on any atom is -0.481 e. The molecule has 1 aliphatic rings. The van der Waals surface area contributed by atoms with Crippen LogP contribution in [0.25, 0.3) is 0 Å². The average Bonchev–Trinajstić information content (AvgIpc) is 3.17. The van der Waals surface area contributed by atoms with Crippen LogP contribution in [-0.4, -0.2) is 91.4 Å². The molecular weight excluding hydrogens is 642 g/mol. The van der Waals surface area contributed by atoms with Crippen molar-refractivity contribution in [1.29, 1.82) is 0 Å². The first-order valence-corrected chi connectivity index (χ1v) is 19.2. The van der Waals surface area contributed by atoms with E-state index < -0.39 is 12.1 Å². The summed E-state index contributed by atoms with van der Waals surface area (Å²) >= 11 is 0. The molecule has 1 heterocycles. The monoisotopic (exact) mass is 722 g/mol. The minimum atomic E-state index is -0.745. The smallest absolute Gasteiger partial charge is 0.306 e. The van der Waals surface area contributed by atoms with Crippen LogP contribution in [-0.2, 0) is 14.4 Å². The first-order valence-electron chi connectivity index (χ1n) is 19.2. The Balaban J connectivity index is 0.00000100. The van der Waals surface area contributed by atoms with E-state index in [2.05, 4.69) is 104 Å². The fourth-order valence-electron chi connectivity index (χ4n) is 7.83. The average molecular weight is 722 g/mol. The number of aliphatic carboxylic acids is 1. The number of amides is 2. The second kappa shape index (κ2) is 22.8. The van der Waals surface area contributed by atoms with Crippen molar-refractivity contribution >= 4 is 17.8 Å². The molecule has 0 aromatic carbocycles. The van der Waals surface area contributed by atoms with Gasteiger partial charge in [0.2, 0.25) is 11.8 Å². The summed E-state index contributed by atoms with van der Waals surface area (Å²) in [4.78, 5) is 37.8. The van der Waals surface area contributed by atoms with Crippen LogP contribution in [0.15, 0.2) is 23.3 Å². The number of nitrogens with zero attached hydrogens (tertiary/aromatic N) is 1. The number of carbonyl (C=O) groups excluding carboxylic acids is 2. The van der Waals surface area contributed by atoms with Gasteiger partial charge in [-0.1, -0.05) is 92.5 Å². The van der Waals surface area contributed by atoms with E-state index in [0.29, 0.717) is 58.4 Å². The number of allylic oxidation sites excluding steroid dienone is 4. The van der Waals surface area contributed by atoms with Gasteiger partial charge in [0.15, 0.2) is 0 Å². The third-order valence-corrected chi connectivity index (χ3v) is 8.49. The molecule has 0 spiro atoms. The summed E-state index contributed by atoms with van der Waals surface area (Å²) < 4.78 is 0. The normalized spacial score (nSPS) is 17.8. The number of aliphatic hydroxyl groups is 1. The summed E-state index contributed by atoms with van der Waals surface area (Å²) in [5.74, 6) is -1.39. The number of hydrogen-bond acceptors (Lipinski definition) is 8. The number of rotatable bonds is 22. The zero-order valence-corrected chi connectivity index (χ0v) is 34.9. The molecule has 0 saturated carbocycles. The van der Waals surface area contributed by atoms with Crippen LogP contribution in [0.2, 0.25) is 0 Å². The van der Waals surface area contributed by atoms with Crippen molar-refractivity contribution < 1.29 is 24.6 Å². The Bertz CT molecular complexity index is 1110. The van der Waals surface area contributed by atoms with Crippen LogP contribution in [0, 0.1) is 33.5 Å². The van der Waals surface area contributed by atoms with E-state index in [0.717, 1.165) is 38.0 Å². The number of carbonyl (C=O) groups is 3. The van der Waals surface area contributed by atoms with Gasteiger partial charge in [-0.2, -0.15) is 0 Å². The van der Waals surface area contributed by atoms with Crippen molar-refractivity contribution in [1.82, 2.24) is 20.9 Å². The summed E-state index contributed by atoms with van der Waals surface area (Å²) in [6.45, 7) is 33.4. The Morgan fingerprint density at radius 3 is 1.82 bits per heavy atom. The molecule has 0 aliphatic carbocycles. The maximum atomic E-state index is 12.7. The van der Waals surface area contributed by atoms with Crippen LogP contribution in [0.4, 0.5) is 0 Å². The fraction of sp³-hybridized carbons (Fsp3) is 0.829. The standard InChI is InChI=1S/C22H42N4O2.C19H37NO3/c1-17(15-22(5,6)16-21(2,3)4)13-18-14-19(27)26(20(18)28)12-11-25-10-9-24-8-7-23;1-14(11-19(6,7)13-18(3,4)5)10-16(17(22)23)8-9-20-12-15(2)21/h15,18,24-25H,7-14,16,23H2,1-6H3;11,15-16,20-21H,8-10,12-13H2,1-7H3,(H,22,23)/b17-15+;14-11+. The van der Waals surface area contributed by atoms with Gasteiger partial charge >= 0.3 is 5.97 Å². The zero-order valence-electron chi connectivity index (χ0n) is 34.9. The molecule has 0 bridgehead atoms. The number of nitrogens with one attached hydrogen (secondary N) is 3. The zero-order chi connectivity index (χ0) is 39.6. The van der Waals surface area contributed by atoms with Crippen molar-refractivity contribution in [3.05, 3.63) is 23.3 Å². The largest absolute Gasteiger partial charge is 0.481 e. The van der Waals surface area contributed by atoms with E-state index in [9.17, 15) is 24.6 Å². The molecule has 2 amide bonds. The lowest BCUT2D eigenvalue weighted by molar-refractivity contribution is -0.142. The van der Waals surface area contributed by atoms with Crippen molar-refractivity contribution in [3.63, 3.8) is 0 Å². The Morgan fingerprint density at radius 1 is 0.843 bits per heavy atom. The van der Waals surface area contributed by atoms with Gasteiger partial charge in [0, 0.05) is 52.2 Å². The number of hydrogen-bond donors (Lipinski definition) is 6. The van der Waals surface area contributed by atoms with Gasteiger partial charge in [0.05, 0.1) is 17.9 Å². The van der Waals surface area contributed by atoms with E-state index >= 15 is 0 Å². The second-order valence-electron chi connectivity index (χ2n) is 18.8. The number of aliphatic hydroxyl groups excluding tert-OH is 1. The molecule has 1 fully saturated rings. The quantitative estimate of drug-likeness (QED) is 0.0439. The maximum absolute atomic E-state index is 12.7. The molecule has 10 nitrogen and oxygen atoms in total.